The Hall–Kier alpha value is -1.24. The largest absolute Gasteiger partial charge is 0.339 e. The lowest BCUT2D eigenvalue weighted by molar-refractivity contribution is -0.124. The Kier molecular flexibility index (Phi) is 3.79. The van der Waals surface area contributed by atoms with Crippen molar-refractivity contribution < 1.29 is 17.7 Å². The number of sulfone groups is 1. The molecule has 0 amide bonds. The van der Waals surface area contributed by atoms with Crippen LogP contribution in [0.2, 0.25) is 0 Å². The van der Waals surface area contributed by atoms with E-state index in [1.807, 2.05) is 0 Å². The van der Waals surface area contributed by atoms with Crippen molar-refractivity contribution in [2.45, 2.75) is 37.9 Å². The zero-order valence-electron chi connectivity index (χ0n) is 10.3. The molecule has 1 fully saturated rings. The summed E-state index contributed by atoms with van der Waals surface area (Å²) in [5.41, 5.74) is 0. The highest BCUT2D eigenvalue weighted by molar-refractivity contribution is 7.89. The van der Waals surface area contributed by atoms with Gasteiger partial charge in [0, 0.05) is 25.0 Å². The van der Waals surface area contributed by atoms with E-state index in [9.17, 15) is 13.2 Å². The SMILES string of the molecule is CS(=O)(=O)Cc1noc(CC2CCCCC2=O)n1. The molecule has 0 saturated heterocycles. The summed E-state index contributed by atoms with van der Waals surface area (Å²) in [6, 6.07) is 0. The summed E-state index contributed by atoms with van der Waals surface area (Å²) < 4.78 is 27.1. The Bertz CT molecular complexity index is 535. The van der Waals surface area contributed by atoms with Crippen LogP contribution in [0.3, 0.4) is 0 Å². The summed E-state index contributed by atoms with van der Waals surface area (Å²) in [4.78, 5) is 15.7. The van der Waals surface area contributed by atoms with Gasteiger partial charge in [0.05, 0.1) is 0 Å². The highest BCUT2D eigenvalue weighted by Crippen LogP contribution is 2.23. The van der Waals surface area contributed by atoms with E-state index >= 15 is 0 Å². The Morgan fingerprint density at radius 2 is 2.17 bits per heavy atom. The standard InChI is InChI=1S/C11H16N2O4S/c1-18(15,16)7-10-12-11(17-13-10)6-8-4-2-3-5-9(8)14/h8H,2-7H2,1H3. The molecule has 1 saturated carbocycles. The quantitative estimate of drug-likeness (QED) is 0.809. The molecule has 0 aliphatic heterocycles. The summed E-state index contributed by atoms with van der Waals surface area (Å²) in [5, 5.41) is 3.62. The van der Waals surface area contributed by atoms with E-state index in [0.717, 1.165) is 25.5 Å². The van der Waals surface area contributed by atoms with Crippen LogP contribution in [0.5, 0.6) is 0 Å². The highest BCUT2D eigenvalue weighted by atomic mass is 32.2. The van der Waals surface area contributed by atoms with Gasteiger partial charge in [-0.3, -0.25) is 4.79 Å². The van der Waals surface area contributed by atoms with Gasteiger partial charge in [-0.25, -0.2) is 8.42 Å². The van der Waals surface area contributed by atoms with E-state index in [2.05, 4.69) is 10.1 Å². The molecule has 0 bridgehead atoms. The van der Waals surface area contributed by atoms with E-state index in [4.69, 9.17) is 4.52 Å². The number of rotatable bonds is 4. The third-order valence-corrected chi connectivity index (χ3v) is 3.79. The molecule has 18 heavy (non-hydrogen) atoms. The molecule has 1 aliphatic rings. The van der Waals surface area contributed by atoms with E-state index in [0.29, 0.717) is 18.7 Å². The maximum absolute atomic E-state index is 11.6. The molecule has 1 heterocycles. The summed E-state index contributed by atoms with van der Waals surface area (Å²) >= 11 is 0. The summed E-state index contributed by atoms with van der Waals surface area (Å²) in [6.45, 7) is 0. The predicted molar refractivity (Wildman–Crippen MR) is 63.5 cm³/mol. The van der Waals surface area contributed by atoms with E-state index < -0.39 is 9.84 Å². The zero-order valence-corrected chi connectivity index (χ0v) is 11.1. The van der Waals surface area contributed by atoms with Gasteiger partial charge in [-0.05, 0) is 12.8 Å². The average molecular weight is 272 g/mol. The van der Waals surface area contributed by atoms with Gasteiger partial charge in [-0.2, -0.15) is 4.98 Å². The first-order valence-electron chi connectivity index (χ1n) is 5.96. The van der Waals surface area contributed by atoms with E-state index in [1.54, 1.807) is 0 Å². The second-order valence-electron chi connectivity index (χ2n) is 4.79. The fourth-order valence-corrected chi connectivity index (χ4v) is 2.73. The maximum Gasteiger partial charge on any atom is 0.227 e. The third-order valence-electron chi connectivity index (χ3n) is 3.00. The van der Waals surface area contributed by atoms with E-state index in [1.165, 1.54) is 0 Å². The van der Waals surface area contributed by atoms with Crippen molar-refractivity contribution in [1.82, 2.24) is 10.1 Å². The van der Waals surface area contributed by atoms with Gasteiger partial charge in [0.25, 0.3) is 0 Å². The molecule has 1 atom stereocenters. The van der Waals surface area contributed by atoms with Crippen LogP contribution in [0, 0.1) is 5.92 Å². The first-order valence-corrected chi connectivity index (χ1v) is 8.02. The van der Waals surface area contributed by atoms with Crippen LogP contribution in [0.15, 0.2) is 4.52 Å². The zero-order chi connectivity index (χ0) is 13.2. The van der Waals surface area contributed by atoms with Crippen molar-refractivity contribution >= 4 is 15.6 Å². The number of nitrogens with zero attached hydrogens (tertiary/aromatic N) is 2. The Morgan fingerprint density at radius 3 is 2.83 bits per heavy atom. The fraction of sp³-hybridized carbons (Fsp3) is 0.727. The van der Waals surface area contributed by atoms with Crippen LogP contribution in [-0.2, 0) is 26.8 Å². The second kappa shape index (κ2) is 5.17. The summed E-state index contributed by atoms with van der Waals surface area (Å²) in [6.07, 6.45) is 5.01. The van der Waals surface area contributed by atoms with Crippen molar-refractivity contribution in [2.24, 2.45) is 5.92 Å². The molecule has 0 aromatic carbocycles. The minimum absolute atomic E-state index is 0.0507. The van der Waals surface area contributed by atoms with Crippen molar-refractivity contribution in [3.8, 4) is 0 Å². The van der Waals surface area contributed by atoms with Crippen LogP contribution in [0.1, 0.15) is 37.4 Å². The molecule has 7 heteroatoms. The molecule has 100 valence electrons. The fourth-order valence-electron chi connectivity index (χ4n) is 2.15. The highest BCUT2D eigenvalue weighted by Gasteiger charge is 2.25. The van der Waals surface area contributed by atoms with Gasteiger partial charge in [-0.1, -0.05) is 11.6 Å². The van der Waals surface area contributed by atoms with Crippen LogP contribution in [0.25, 0.3) is 0 Å². The first kappa shape index (κ1) is 13.2. The van der Waals surface area contributed by atoms with E-state index in [-0.39, 0.29) is 23.3 Å². The average Bonchev–Trinajstić information content (AvgIpc) is 2.66. The second-order valence-corrected chi connectivity index (χ2v) is 6.93. The van der Waals surface area contributed by atoms with Gasteiger partial charge in [0.15, 0.2) is 15.7 Å². The molecular weight excluding hydrogens is 256 g/mol. The third kappa shape index (κ3) is 3.63. The van der Waals surface area contributed by atoms with Crippen LogP contribution in [0.4, 0.5) is 0 Å². The topological polar surface area (TPSA) is 90.1 Å². The number of aromatic nitrogens is 2. The van der Waals surface area contributed by atoms with Crippen LogP contribution in [-0.4, -0.2) is 30.6 Å². The Morgan fingerprint density at radius 1 is 1.39 bits per heavy atom. The molecule has 0 spiro atoms. The monoisotopic (exact) mass is 272 g/mol. The molecule has 6 nitrogen and oxygen atoms in total. The molecule has 2 rings (SSSR count). The normalized spacial score (nSPS) is 21.2. The predicted octanol–water partition coefficient (Wildman–Crippen LogP) is 0.916. The Balaban J connectivity index is 2.00. The van der Waals surface area contributed by atoms with Gasteiger partial charge in [0.1, 0.15) is 11.5 Å². The molecule has 1 unspecified atom stereocenters. The lowest BCUT2D eigenvalue weighted by Gasteiger charge is -2.18. The smallest absolute Gasteiger partial charge is 0.227 e. The van der Waals surface area contributed by atoms with Crippen molar-refractivity contribution in [3.63, 3.8) is 0 Å². The van der Waals surface area contributed by atoms with Gasteiger partial charge in [0.2, 0.25) is 5.89 Å². The number of ketones is 1. The Labute approximate surface area is 106 Å². The van der Waals surface area contributed by atoms with Crippen molar-refractivity contribution in [3.05, 3.63) is 11.7 Å². The number of Topliss-reactive ketones (excluding diaryl/α,β-unsaturated/α-hetero) is 1. The first-order chi connectivity index (χ1) is 8.44. The lowest BCUT2D eigenvalue weighted by Crippen LogP contribution is -2.21. The molecule has 1 aromatic heterocycles. The van der Waals surface area contributed by atoms with Gasteiger partial charge in [-0.15, -0.1) is 0 Å². The maximum atomic E-state index is 11.6. The van der Waals surface area contributed by atoms with Gasteiger partial charge < -0.3 is 4.52 Å². The lowest BCUT2D eigenvalue weighted by atomic mass is 9.86. The van der Waals surface area contributed by atoms with Gasteiger partial charge >= 0.3 is 0 Å². The minimum atomic E-state index is -3.16. The molecule has 0 radical (unpaired) electrons. The summed E-state index contributed by atoms with van der Waals surface area (Å²) in [5.74, 6) is 0.480. The van der Waals surface area contributed by atoms with Crippen molar-refractivity contribution in [1.29, 1.82) is 0 Å². The van der Waals surface area contributed by atoms with Crippen LogP contribution < -0.4 is 0 Å². The van der Waals surface area contributed by atoms with Crippen LogP contribution >= 0.6 is 0 Å². The number of carbonyl (C=O) groups is 1. The number of hydrogen-bond donors (Lipinski definition) is 0. The number of hydrogen-bond acceptors (Lipinski definition) is 6. The van der Waals surface area contributed by atoms with Crippen molar-refractivity contribution in [2.75, 3.05) is 6.26 Å². The molecule has 0 N–H and O–H groups in total. The minimum Gasteiger partial charge on any atom is -0.339 e. The molecule has 1 aromatic rings. The molecular formula is C11H16N2O4S. The summed E-state index contributed by atoms with van der Waals surface area (Å²) in [7, 11) is -3.16. The number of carbonyl (C=O) groups excluding carboxylic acids is 1. The molecule has 1 aliphatic carbocycles.